The average molecular weight is 1110 g/mol. The van der Waals surface area contributed by atoms with E-state index in [0.29, 0.717) is 23.9 Å². The number of hydrogen-bond donors (Lipinski definition) is 1. The topological polar surface area (TPSA) is 108 Å². The highest BCUT2D eigenvalue weighted by Crippen LogP contribution is 2.43. The quantitative estimate of drug-likeness (QED) is 0.0211. The third-order valence-corrected chi connectivity index (χ3v) is 15.6. The number of phosphoric acid groups is 1. The van der Waals surface area contributed by atoms with Crippen LogP contribution in [0.3, 0.4) is 0 Å². The lowest BCUT2D eigenvalue weighted by atomic mass is 10.0. The molecule has 0 rings (SSSR count). The molecule has 0 spiro atoms. The summed E-state index contributed by atoms with van der Waals surface area (Å²) in [6.07, 6.45) is 75.0. The van der Waals surface area contributed by atoms with Gasteiger partial charge in [0.1, 0.15) is 19.8 Å². The normalized spacial score (nSPS) is 13.5. The summed E-state index contributed by atoms with van der Waals surface area (Å²) in [5.41, 5.74) is 0. The van der Waals surface area contributed by atoms with Crippen molar-refractivity contribution in [1.82, 2.24) is 0 Å². The number of unbranched alkanes of at least 4 members (excludes halogenated alkanes) is 39. The summed E-state index contributed by atoms with van der Waals surface area (Å²) in [6.45, 7) is 4.36. The Morgan fingerprint density at radius 1 is 0.416 bits per heavy atom. The first kappa shape index (κ1) is 75.0. The molecule has 0 heterocycles. The van der Waals surface area contributed by atoms with Gasteiger partial charge in [0, 0.05) is 12.8 Å². The molecule has 9 nitrogen and oxygen atoms in total. The zero-order valence-electron chi connectivity index (χ0n) is 51.5. The standard InChI is InChI=1S/C67H126NO8P/c1-6-8-10-12-14-16-18-20-22-24-26-28-29-30-31-32-33-34-35-36-37-38-40-41-43-45-47-49-51-53-55-57-59-66(69)73-63-65(64-75-77(71,72)74-62-61-68(3,4)5)76-67(70)60-58-56-54-52-50-48-46-44-42-39-27-25-23-21-19-17-15-13-11-9-7-2/h9,11,15,17,21,23,27,39,65H,6-8,10,12-14,16,18-20,22,24-26,28-38,40-64H2,1-5H3/p+1/b11-9-,17-15-,23-21-,39-27-. The fraction of sp³-hybridized carbons (Fsp3) is 0.851. The Hall–Kier alpha value is -2.03. The van der Waals surface area contributed by atoms with Gasteiger partial charge in [0.05, 0.1) is 27.7 Å². The Balaban J connectivity index is 4.01. The number of phosphoric ester groups is 1. The second kappa shape index (κ2) is 58.6. The van der Waals surface area contributed by atoms with Crippen LogP contribution in [-0.4, -0.2) is 74.9 Å². The van der Waals surface area contributed by atoms with Crippen LogP contribution in [0.1, 0.15) is 316 Å². The molecule has 2 unspecified atom stereocenters. The molecule has 2 atom stereocenters. The minimum Gasteiger partial charge on any atom is -0.462 e. The number of nitrogens with zero attached hydrogens (tertiary/aromatic N) is 1. The van der Waals surface area contributed by atoms with Crippen molar-refractivity contribution >= 4 is 19.8 Å². The monoisotopic (exact) mass is 1100 g/mol. The Morgan fingerprint density at radius 3 is 1.10 bits per heavy atom. The Labute approximate surface area is 477 Å². The number of carbonyl (C=O) groups is 2. The Bertz CT molecular complexity index is 1440. The minimum absolute atomic E-state index is 0.0302. The van der Waals surface area contributed by atoms with E-state index in [2.05, 4.69) is 62.5 Å². The average Bonchev–Trinajstić information content (AvgIpc) is 3.39. The van der Waals surface area contributed by atoms with Crippen LogP contribution in [0.15, 0.2) is 48.6 Å². The second-order valence-electron chi connectivity index (χ2n) is 23.5. The highest BCUT2D eigenvalue weighted by Gasteiger charge is 2.27. The molecule has 0 saturated carbocycles. The van der Waals surface area contributed by atoms with Gasteiger partial charge in [0.25, 0.3) is 0 Å². The second-order valence-corrected chi connectivity index (χ2v) is 24.9. The van der Waals surface area contributed by atoms with E-state index in [0.717, 1.165) is 70.6 Å². The van der Waals surface area contributed by atoms with E-state index >= 15 is 0 Å². The molecule has 0 aromatic carbocycles. The lowest BCUT2D eigenvalue weighted by Crippen LogP contribution is -2.37. The third kappa shape index (κ3) is 63.0. The van der Waals surface area contributed by atoms with Crippen LogP contribution < -0.4 is 0 Å². The fourth-order valence-corrected chi connectivity index (χ4v) is 10.3. The number of esters is 2. The number of rotatable bonds is 61. The van der Waals surface area contributed by atoms with Crippen LogP contribution in [-0.2, 0) is 32.7 Å². The van der Waals surface area contributed by atoms with Crippen LogP contribution >= 0.6 is 7.82 Å². The molecule has 0 radical (unpaired) electrons. The predicted octanol–water partition coefficient (Wildman–Crippen LogP) is 20.9. The van der Waals surface area contributed by atoms with Gasteiger partial charge in [0.15, 0.2) is 6.10 Å². The predicted molar refractivity (Wildman–Crippen MR) is 330 cm³/mol. The van der Waals surface area contributed by atoms with Gasteiger partial charge < -0.3 is 18.9 Å². The highest BCUT2D eigenvalue weighted by atomic mass is 31.2. The zero-order chi connectivity index (χ0) is 56.3. The molecule has 77 heavy (non-hydrogen) atoms. The van der Waals surface area contributed by atoms with Crippen LogP contribution in [0.2, 0.25) is 0 Å². The number of carbonyl (C=O) groups excluding carboxylic acids is 2. The molecule has 0 aliphatic carbocycles. The Kier molecular flexibility index (Phi) is 57.1. The van der Waals surface area contributed by atoms with Gasteiger partial charge in [-0.15, -0.1) is 0 Å². The summed E-state index contributed by atoms with van der Waals surface area (Å²) in [6, 6.07) is 0. The smallest absolute Gasteiger partial charge is 0.462 e. The molecule has 0 aromatic rings. The molecule has 10 heteroatoms. The van der Waals surface area contributed by atoms with Crippen molar-refractivity contribution in [2.45, 2.75) is 322 Å². The van der Waals surface area contributed by atoms with Crippen LogP contribution in [0.25, 0.3) is 0 Å². The summed E-state index contributed by atoms with van der Waals surface area (Å²) >= 11 is 0. The SMILES string of the molecule is CC/C=C\C/C=C\C/C=C\C/C=C\CCCCCCCCCCC(=O)OC(COC(=O)CCCCCCCCCCCCCCCCCCCCCCCCCCCCCCCCCC)COP(=O)(O)OCC[N+](C)(C)C. The summed E-state index contributed by atoms with van der Waals surface area (Å²) in [5, 5.41) is 0. The Morgan fingerprint density at radius 2 is 0.740 bits per heavy atom. The van der Waals surface area contributed by atoms with E-state index in [1.54, 1.807) is 0 Å². The van der Waals surface area contributed by atoms with E-state index in [1.165, 1.54) is 212 Å². The number of likely N-dealkylation sites (N-methyl/N-ethyl adjacent to an activating group) is 1. The lowest BCUT2D eigenvalue weighted by Gasteiger charge is -2.24. The van der Waals surface area contributed by atoms with E-state index in [4.69, 9.17) is 18.5 Å². The molecule has 0 aliphatic heterocycles. The van der Waals surface area contributed by atoms with E-state index < -0.39 is 26.5 Å². The fourth-order valence-electron chi connectivity index (χ4n) is 9.60. The maximum atomic E-state index is 12.8. The summed E-state index contributed by atoms with van der Waals surface area (Å²) in [4.78, 5) is 35.8. The van der Waals surface area contributed by atoms with Crippen molar-refractivity contribution in [3.8, 4) is 0 Å². The maximum Gasteiger partial charge on any atom is 0.472 e. The van der Waals surface area contributed by atoms with Crippen molar-refractivity contribution < 1.29 is 42.1 Å². The van der Waals surface area contributed by atoms with Crippen molar-refractivity contribution in [2.24, 2.45) is 0 Å². The van der Waals surface area contributed by atoms with Crippen LogP contribution in [0.4, 0.5) is 0 Å². The van der Waals surface area contributed by atoms with Gasteiger partial charge in [-0.2, -0.15) is 0 Å². The van der Waals surface area contributed by atoms with Gasteiger partial charge in [-0.3, -0.25) is 18.6 Å². The van der Waals surface area contributed by atoms with Gasteiger partial charge >= 0.3 is 19.8 Å². The van der Waals surface area contributed by atoms with Crippen molar-refractivity contribution in [3.05, 3.63) is 48.6 Å². The summed E-state index contributed by atoms with van der Waals surface area (Å²) in [5.74, 6) is -0.793. The van der Waals surface area contributed by atoms with Crippen LogP contribution in [0, 0.1) is 0 Å². The van der Waals surface area contributed by atoms with Gasteiger partial charge in [-0.05, 0) is 51.4 Å². The molecule has 452 valence electrons. The van der Waals surface area contributed by atoms with Crippen molar-refractivity contribution in [2.75, 3.05) is 47.5 Å². The minimum atomic E-state index is -4.39. The first-order chi connectivity index (χ1) is 37.5. The number of quaternary nitrogens is 1. The molecule has 0 amide bonds. The van der Waals surface area contributed by atoms with E-state index in [9.17, 15) is 19.0 Å². The molecule has 0 aromatic heterocycles. The zero-order valence-corrected chi connectivity index (χ0v) is 52.4. The van der Waals surface area contributed by atoms with Crippen molar-refractivity contribution in [3.63, 3.8) is 0 Å². The first-order valence-corrected chi connectivity index (χ1v) is 34.4. The molecule has 0 aliphatic rings. The van der Waals surface area contributed by atoms with E-state index in [1.807, 2.05) is 21.1 Å². The lowest BCUT2D eigenvalue weighted by molar-refractivity contribution is -0.870. The number of hydrogen-bond acceptors (Lipinski definition) is 7. The maximum absolute atomic E-state index is 12.8. The van der Waals surface area contributed by atoms with Crippen LogP contribution in [0.5, 0.6) is 0 Å². The molecular weight excluding hydrogens is 978 g/mol. The van der Waals surface area contributed by atoms with Gasteiger partial charge in [-0.25, -0.2) is 4.57 Å². The highest BCUT2D eigenvalue weighted by molar-refractivity contribution is 7.47. The van der Waals surface area contributed by atoms with Crippen molar-refractivity contribution in [1.29, 1.82) is 0 Å². The molecular formula is C67H127NO8P+. The van der Waals surface area contributed by atoms with E-state index in [-0.39, 0.29) is 25.6 Å². The third-order valence-electron chi connectivity index (χ3n) is 14.6. The summed E-state index contributed by atoms with van der Waals surface area (Å²) < 4.78 is 34.6. The molecule has 0 fully saturated rings. The first-order valence-electron chi connectivity index (χ1n) is 32.9. The number of ether oxygens (including phenoxy) is 2. The largest absolute Gasteiger partial charge is 0.472 e. The number of allylic oxidation sites excluding steroid dienone is 8. The van der Waals surface area contributed by atoms with Gasteiger partial charge in [0.2, 0.25) is 0 Å². The molecule has 1 N–H and O–H groups in total. The molecule has 0 saturated heterocycles. The molecule has 0 bridgehead atoms. The summed E-state index contributed by atoms with van der Waals surface area (Å²) in [7, 11) is 1.48. The van der Waals surface area contributed by atoms with Gasteiger partial charge in [-0.1, -0.05) is 300 Å².